The van der Waals surface area contributed by atoms with E-state index in [9.17, 15) is 4.39 Å². The van der Waals surface area contributed by atoms with Crippen LogP contribution < -0.4 is 10.6 Å². The zero-order valence-electron chi connectivity index (χ0n) is 18.1. The molecule has 1 aromatic carbocycles. The van der Waals surface area contributed by atoms with Crippen LogP contribution in [0.2, 0.25) is 0 Å². The van der Waals surface area contributed by atoms with Crippen molar-refractivity contribution in [1.82, 2.24) is 25.4 Å². The van der Waals surface area contributed by atoms with Gasteiger partial charge in [0.2, 0.25) is 0 Å². The van der Waals surface area contributed by atoms with Crippen LogP contribution in [-0.4, -0.2) is 40.4 Å². The van der Waals surface area contributed by atoms with Gasteiger partial charge in [-0.2, -0.15) is 5.10 Å². The summed E-state index contributed by atoms with van der Waals surface area (Å²) in [4.78, 5) is 9.33. The minimum Gasteiger partial charge on any atom is -0.380 e. The first-order valence-corrected chi connectivity index (χ1v) is 10.2. The predicted octanol–water partition coefficient (Wildman–Crippen LogP) is 3.38. The summed E-state index contributed by atoms with van der Waals surface area (Å²) in [5, 5.41) is 11.4. The van der Waals surface area contributed by atoms with Gasteiger partial charge in [0.25, 0.3) is 0 Å². The van der Waals surface area contributed by atoms with Gasteiger partial charge in [0.05, 0.1) is 19.7 Å². The van der Waals surface area contributed by atoms with Crippen LogP contribution in [0, 0.1) is 5.82 Å². The van der Waals surface area contributed by atoms with Crippen LogP contribution in [-0.2, 0) is 30.9 Å². The topological polar surface area (TPSA) is 76.4 Å². The first kappa shape index (κ1) is 24.5. The number of hydrogen-bond donors (Lipinski definition) is 2. The van der Waals surface area contributed by atoms with Crippen molar-refractivity contribution >= 4 is 29.9 Å². The lowest BCUT2D eigenvalue weighted by molar-refractivity contribution is 0.181. The molecule has 0 radical (unpaired) electrons. The lowest BCUT2D eigenvalue weighted by Crippen LogP contribution is -2.47. The van der Waals surface area contributed by atoms with Gasteiger partial charge < -0.3 is 15.4 Å². The van der Waals surface area contributed by atoms with Gasteiger partial charge >= 0.3 is 0 Å². The van der Waals surface area contributed by atoms with Gasteiger partial charge in [-0.15, -0.1) is 24.0 Å². The van der Waals surface area contributed by atoms with Crippen molar-refractivity contribution in [3.05, 3.63) is 46.8 Å². The standard InChI is InChI=1S/C21H31FN6O.HI/c1-5-23-21(24-11-15-6-8-18(22)16(10-15)13-29-4)25-17-7-9-19-26-20(14(2)3)27-28(19)12-17;/h6,8,10,14,17H,5,7,9,11-13H2,1-4H3,(H2,23,24,25);1H. The number of aliphatic imine (C=N–C) groups is 1. The van der Waals surface area contributed by atoms with E-state index in [1.165, 1.54) is 6.07 Å². The number of hydrogen-bond acceptors (Lipinski definition) is 4. The van der Waals surface area contributed by atoms with Crippen molar-refractivity contribution in [1.29, 1.82) is 0 Å². The number of aryl methyl sites for hydroxylation is 1. The van der Waals surface area contributed by atoms with E-state index in [0.717, 1.165) is 49.1 Å². The molecular weight excluding hydrogens is 498 g/mol. The Morgan fingerprint density at radius 1 is 1.40 bits per heavy atom. The Kier molecular flexibility index (Phi) is 9.47. The average Bonchev–Trinajstić information content (AvgIpc) is 3.12. The van der Waals surface area contributed by atoms with Gasteiger partial charge in [0.15, 0.2) is 11.8 Å². The maximum absolute atomic E-state index is 13.8. The molecule has 0 saturated heterocycles. The van der Waals surface area contributed by atoms with Gasteiger partial charge in [-0.05, 0) is 31.0 Å². The molecule has 2 aromatic rings. The lowest BCUT2D eigenvalue weighted by Gasteiger charge is -2.25. The molecule has 0 saturated carbocycles. The largest absolute Gasteiger partial charge is 0.380 e. The van der Waals surface area contributed by atoms with Crippen LogP contribution in [0.15, 0.2) is 23.2 Å². The highest BCUT2D eigenvalue weighted by atomic mass is 127. The van der Waals surface area contributed by atoms with Crippen molar-refractivity contribution in [3.63, 3.8) is 0 Å². The van der Waals surface area contributed by atoms with Gasteiger partial charge in [-0.3, -0.25) is 0 Å². The Hall–Kier alpha value is -1.75. The smallest absolute Gasteiger partial charge is 0.191 e. The number of ether oxygens (including phenoxy) is 1. The van der Waals surface area contributed by atoms with E-state index in [4.69, 9.17) is 4.74 Å². The Morgan fingerprint density at radius 3 is 2.90 bits per heavy atom. The molecule has 1 aromatic heterocycles. The van der Waals surface area contributed by atoms with E-state index in [1.54, 1.807) is 13.2 Å². The van der Waals surface area contributed by atoms with E-state index in [2.05, 4.69) is 39.6 Å². The second kappa shape index (κ2) is 11.6. The molecule has 1 unspecified atom stereocenters. The molecule has 166 valence electrons. The Balaban J connectivity index is 0.00000320. The summed E-state index contributed by atoms with van der Waals surface area (Å²) in [6.45, 7) is 8.52. The molecule has 1 aliphatic rings. The van der Waals surface area contributed by atoms with E-state index in [0.29, 0.717) is 18.0 Å². The first-order chi connectivity index (χ1) is 14.0. The average molecular weight is 530 g/mol. The van der Waals surface area contributed by atoms with E-state index >= 15 is 0 Å². The molecule has 0 amide bonds. The summed E-state index contributed by atoms with van der Waals surface area (Å²) in [5.74, 6) is 2.80. The van der Waals surface area contributed by atoms with Crippen molar-refractivity contribution in [2.75, 3.05) is 13.7 Å². The first-order valence-electron chi connectivity index (χ1n) is 10.2. The molecule has 2 N–H and O–H groups in total. The fourth-order valence-electron chi connectivity index (χ4n) is 3.37. The third-order valence-electron chi connectivity index (χ3n) is 4.91. The Labute approximate surface area is 194 Å². The van der Waals surface area contributed by atoms with Crippen molar-refractivity contribution < 1.29 is 9.13 Å². The molecule has 0 fully saturated rings. The summed E-state index contributed by atoms with van der Waals surface area (Å²) >= 11 is 0. The lowest BCUT2D eigenvalue weighted by atomic mass is 10.1. The van der Waals surface area contributed by atoms with Crippen LogP contribution in [0.3, 0.4) is 0 Å². The van der Waals surface area contributed by atoms with Crippen LogP contribution >= 0.6 is 24.0 Å². The van der Waals surface area contributed by atoms with Crippen LogP contribution in [0.1, 0.15) is 55.9 Å². The van der Waals surface area contributed by atoms with Crippen molar-refractivity contribution in [2.45, 2.75) is 65.3 Å². The zero-order chi connectivity index (χ0) is 20.8. The number of rotatable bonds is 7. The summed E-state index contributed by atoms with van der Waals surface area (Å²) in [6, 6.07) is 5.28. The highest BCUT2D eigenvalue weighted by Gasteiger charge is 2.23. The van der Waals surface area contributed by atoms with E-state index < -0.39 is 0 Å². The van der Waals surface area contributed by atoms with E-state index in [-0.39, 0.29) is 42.4 Å². The molecule has 2 heterocycles. The van der Waals surface area contributed by atoms with Crippen LogP contribution in [0.4, 0.5) is 4.39 Å². The van der Waals surface area contributed by atoms with Gasteiger partial charge in [0.1, 0.15) is 11.6 Å². The molecule has 0 spiro atoms. The molecule has 1 aliphatic heterocycles. The molecule has 3 rings (SSSR count). The fraction of sp³-hybridized carbons (Fsp3) is 0.571. The van der Waals surface area contributed by atoms with E-state index in [1.807, 2.05) is 17.7 Å². The highest BCUT2D eigenvalue weighted by Crippen LogP contribution is 2.17. The van der Waals surface area contributed by atoms with Crippen molar-refractivity contribution in [2.24, 2.45) is 4.99 Å². The third-order valence-corrected chi connectivity index (χ3v) is 4.91. The number of fused-ring (bicyclic) bond motifs is 1. The van der Waals surface area contributed by atoms with Gasteiger partial charge in [-0.25, -0.2) is 19.0 Å². The highest BCUT2D eigenvalue weighted by molar-refractivity contribution is 14.0. The number of guanidine groups is 1. The summed E-state index contributed by atoms with van der Waals surface area (Å²) < 4.78 is 20.9. The summed E-state index contributed by atoms with van der Waals surface area (Å²) in [6.07, 6.45) is 1.88. The summed E-state index contributed by atoms with van der Waals surface area (Å²) in [7, 11) is 1.56. The molecule has 1 atom stereocenters. The van der Waals surface area contributed by atoms with Crippen LogP contribution in [0.5, 0.6) is 0 Å². The molecule has 0 aliphatic carbocycles. The van der Waals surface area contributed by atoms with Gasteiger partial charge in [-0.1, -0.05) is 19.9 Å². The Morgan fingerprint density at radius 2 is 2.20 bits per heavy atom. The van der Waals surface area contributed by atoms with Crippen LogP contribution in [0.25, 0.3) is 0 Å². The van der Waals surface area contributed by atoms with Gasteiger partial charge in [0, 0.05) is 37.6 Å². The molecule has 7 nitrogen and oxygen atoms in total. The molecule has 0 bridgehead atoms. The Bertz CT molecular complexity index is 854. The minimum absolute atomic E-state index is 0. The predicted molar refractivity (Wildman–Crippen MR) is 127 cm³/mol. The number of benzene rings is 1. The fourth-order valence-corrected chi connectivity index (χ4v) is 3.37. The molecular formula is C21H32FIN6O. The number of aromatic nitrogens is 3. The monoisotopic (exact) mass is 530 g/mol. The number of nitrogens with one attached hydrogen (secondary N) is 2. The SMILES string of the molecule is CCNC(=NCc1ccc(F)c(COC)c1)NC1CCc2nc(C(C)C)nn2C1.I. The number of nitrogens with zero attached hydrogens (tertiary/aromatic N) is 4. The molecule has 9 heteroatoms. The minimum atomic E-state index is -0.253. The number of methoxy groups -OCH3 is 1. The maximum atomic E-state index is 13.8. The third kappa shape index (κ3) is 6.37. The zero-order valence-corrected chi connectivity index (χ0v) is 20.4. The normalized spacial score (nSPS) is 16.2. The second-order valence-electron chi connectivity index (χ2n) is 7.66. The quantitative estimate of drug-likeness (QED) is 0.326. The summed E-state index contributed by atoms with van der Waals surface area (Å²) in [5.41, 5.74) is 1.49. The second-order valence-corrected chi connectivity index (χ2v) is 7.66. The van der Waals surface area contributed by atoms with Crippen molar-refractivity contribution in [3.8, 4) is 0 Å². The molecule has 30 heavy (non-hydrogen) atoms. The maximum Gasteiger partial charge on any atom is 0.191 e. The number of halogens is 2.